The zero-order valence-corrected chi connectivity index (χ0v) is 23.8. The number of methoxy groups -OCH3 is 1. The Morgan fingerprint density at radius 2 is 1.71 bits per heavy atom. The predicted molar refractivity (Wildman–Crippen MR) is 160 cm³/mol. The Balaban J connectivity index is 1.24. The second-order valence-electron chi connectivity index (χ2n) is 10.4. The van der Waals surface area contributed by atoms with Crippen LogP contribution in [-0.2, 0) is 9.47 Å². The molecule has 0 bridgehead atoms. The van der Waals surface area contributed by atoms with Gasteiger partial charge >= 0.3 is 0 Å². The molecule has 0 saturated carbocycles. The normalized spacial score (nSPS) is 16.5. The summed E-state index contributed by atoms with van der Waals surface area (Å²) in [7, 11) is 3.60. The third-order valence-corrected chi connectivity index (χ3v) is 7.82. The molecule has 0 unspecified atom stereocenters. The molecule has 216 valence electrons. The van der Waals surface area contributed by atoms with Crippen molar-refractivity contribution in [3.8, 4) is 39.5 Å². The van der Waals surface area contributed by atoms with E-state index in [0.29, 0.717) is 6.61 Å². The minimum Gasteiger partial charge on any atom is -0.493 e. The number of fused-ring (bicyclic) bond motifs is 1. The highest BCUT2D eigenvalue weighted by atomic mass is 16.5. The van der Waals surface area contributed by atoms with E-state index >= 15 is 0 Å². The van der Waals surface area contributed by atoms with Gasteiger partial charge in [0.15, 0.2) is 11.5 Å². The third-order valence-electron chi connectivity index (χ3n) is 7.82. The lowest BCUT2D eigenvalue weighted by molar-refractivity contribution is 0.0258. The lowest BCUT2D eigenvalue weighted by atomic mass is 10.0. The summed E-state index contributed by atoms with van der Waals surface area (Å²) in [6, 6.07) is 14.5. The number of pyridine rings is 1. The van der Waals surface area contributed by atoms with Crippen LogP contribution in [0.2, 0.25) is 0 Å². The molecule has 9 heteroatoms. The molecule has 0 spiro atoms. The Kier molecular flexibility index (Phi) is 8.55. The number of hydrogen-bond donors (Lipinski definition) is 2. The standard InChI is InChI=1S/C32H38N4O5/c1-33-28-18-23(4-5-29(28)41-25-7-12-38-13-8-25)27-21-35-32-26(27)17-24(20-34-32)22-3-6-30(37-2)31(19-22)40-16-11-36-9-14-39-15-10-36/h3-6,17-21,25,33H,7-16H2,1-2H3,(H,34,35). The molecule has 2 aliphatic rings. The lowest BCUT2D eigenvalue weighted by Gasteiger charge is -2.26. The smallest absolute Gasteiger partial charge is 0.161 e. The van der Waals surface area contributed by atoms with E-state index in [-0.39, 0.29) is 6.10 Å². The molecule has 0 aliphatic carbocycles. The molecule has 0 atom stereocenters. The Morgan fingerprint density at radius 3 is 2.51 bits per heavy atom. The molecule has 9 nitrogen and oxygen atoms in total. The van der Waals surface area contributed by atoms with E-state index in [1.165, 1.54) is 0 Å². The van der Waals surface area contributed by atoms with E-state index in [1.54, 1.807) is 7.11 Å². The van der Waals surface area contributed by atoms with Crippen LogP contribution in [-0.4, -0.2) is 87.8 Å². The molecule has 2 aromatic heterocycles. The number of anilines is 1. The largest absolute Gasteiger partial charge is 0.493 e. The van der Waals surface area contributed by atoms with E-state index < -0.39 is 0 Å². The molecule has 0 amide bonds. The summed E-state index contributed by atoms with van der Waals surface area (Å²) in [6.07, 6.45) is 5.91. The van der Waals surface area contributed by atoms with Gasteiger partial charge in [0.05, 0.1) is 39.2 Å². The summed E-state index contributed by atoms with van der Waals surface area (Å²) in [6.45, 7) is 6.36. The van der Waals surface area contributed by atoms with Crippen molar-refractivity contribution in [3.63, 3.8) is 0 Å². The first-order valence-corrected chi connectivity index (χ1v) is 14.4. The molecule has 2 aliphatic heterocycles. The molecular weight excluding hydrogens is 520 g/mol. The number of aromatic nitrogens is 2. The van der Waals surface area contributed by atoms with Gasteiger partial charge in [-0.1, -0.05) is 12.1 Å². The van der Waals surface area contributed by atoms with Crippen LogP contribution >= 0.6 is 0 Å². The minimum atomic E-state index is 0.180. The van der Waals surface area contributed by atoms with E-state index in [2.05, 4.69) is 39.5 Å². The topological polar surface area (TPSA) is 90.1 Å². The molecule has 2 fully saturated rings. The number of ether oxygens (including phenoxy) is 5. The van der Waals surface area contributed by atoms with Gasteiger partial charge in [-0.3, -0.25) is 4.90 Å². The Hall–Kier alpha value is -3.79. The number of nitrogens with one attached hydrogen (secondary N) is 2. The van der Waals surface area contributed by atoms with Crippen molar-refractivity contribution in [1.82, 2.24) is 14.9 Å². The molecule has 4 aromatic rings. The quantitative estimate of drug-likeness (QED) is 0.274. The molecule has 6 rings (SSSR count). The fourth-order valence-corrected chi connectivity index (χ4v) is 5.45. The van der Waals surface area contributed by atoms with Crippen LogP contribution in [0.25, 0.3) is 33.3 Å². The van der Waals surface area contributed by atoms with Gasteiger partial charge < -0.3 is 34.0 Å². The summed E-state index contributed by atoms with van der Waals surface area (Å²) in [4.78, 5) is 10.4. The number of H-pyrrole nitrogens is 1. The first-order chi connectivity index (χ1) is 20.2. The van der Waals surface area contributed by atoms with Crippen molar-refractivity contribution in [3.05, 3.63) is 54.9 Å². The van der Waals surface area contributed by atoms with Crippen molar-refractivity contribution < 1.29 is 23.7 Å². The average molecular weight is 559 g/mol. The van der Waals surface area contributed by atoms with Crippen molar-refractivity contribution >= 4 is 16.7 Å². The van der Waals surface area contributed by atoms with Gasteiger partial charge in [-0.15, -0.1) is 0 Å². The van der Waals surface area contributed by atoms with Gasteiger partial charge in [-0.05, 0) is 41.5 Å². The maximum atomic E-state index is 6.31. The second kappa shape index (κ2) is 12.8. The van der Waals surface area contributed by atoms with Crippen LogP contribution in [0, 0.1) is 0 Å². The van der Waals surface area contributed by atoms with Gasteiger partial charge in [0.2, 0.25) is 0 Å². The number of nitrogens with zero attached hydrogens (tertiary/aromatic N) is 2. The first-order valence-electron chi connectivity index (χ1n) is 14.4. The highest BCUT2D eigenvalue weighted by Gasteiger charge is 2.18. The highest BCUT2D eigenvalue weighted by molar-refractivity contribution is 5.96. The number of morpholine rings is 1. The molecule has 41 heavy (non-hydrogen) atoms. The molecule has 2 saturated heterocycles. The highest BCUT2D eigenvalue weighted by Crippen LogP contribution is 2.37. The maximum Gasteiger partial charge on any atom is 0.161 e. The Bertz CT molecular complexity index is 1460. The number of benzene rings is 2. The summed E-state index contributed by atoms with van der Waals surface area (Å²) >= 11 is 0. The fourth-order valence-electron chi connectivity index (χ4n) is 5.45. The Labute approximate surface area is 240 Å². The van der Waals surface area contributed by atoms with Gasteiger partial charge in [-0.25, -0.2) is 4.98 Å². The monoisotopic (exact) mass is 558 g/mol. The van der Waals surface area contributed by atoms with Gasteiger partial charge in [-0.2, -0.15) is 0 Å². The van der Waals surface area contributed by atoms with Gasteiger partial charge in [0.1, 0.15) is 24.1 Å². The molecular formula is C32H38N4O5. The molecule has 2 N–H and O–H groups in total. The lowest BCUT2D eigenvalue weighted by Crippen LogP contribution is -2.38. The van der Waals surface area contributed by atoms with Crippen molar-refractivity contribution in [2.45, 2.75) is 18.9 Å². The zero-order chi connectivity index (χ0) is 28.0. The second-order valence-corrected chi connectivity index (χ2v) is 10.4. The zero-order valence-electron chi connectivity index (χ0n) is 23.8. The van der Waals surface area contributed by atoms with Gasteiger partial charge in [0.25, 0.3) is 0 Å². The van der Waals surface area contributed by atoms with Crippen molar-refractivity contribution in [1.29, 1.82) is 0 Å². The van der Waals surface area contributed by atoms with Crippen LogP contribution in [0.5, 0.6) is 17.2 Å². The number of hydrogen-bond acceptors (Lipinski definition) is 8. The minimum absolute atomic E-state index is 0.180. The number of rotatable bonds is 10. The third kappa shape index (κ3) is 6.27. The van der Waals surface area contributed by atoms with Crippen LogP contribution < -0.4 is 19.5 Å². The first kappa shape index (κ1) is 27.4. The summed E-state index contributed by atoms with van der Waals surface area (Å²) < 4.78 is 29.0. The van der Waals surface area contributed by atoms with E-state index in [0.717, 1.165) is 115 Å². The fraction of sp³-hybridized carbons (Fsp3) is 0.406. The molecule has 2 aromatic carbocycles. The van der Waals surface area contributed by atoms with E-state index in [9.17, 15) is 0 Å². The SMILES string of the molecule is CNc1cc(-c2c[nH]c3ncc(-c4ccc(OC)c(OCCN5CCOCC5)c4)cc23)ccc1OC1CCOCC1. The summed E-state index contributed by atoms with van der Waals surface area (Å²) in [5.74, 6) is 2.31. The van der Waals surface area contributed by atoms with Crippen LogP contribution in [0.4, 0.5) is 5.69 Å². The van der Waals surface area contributed by atoms with E-state index in [1.807, 2.05) is 37.6 Å². The molecule has 0 radical (unpaired) electrons. The van der Waals surface area contributed by atoms with Crippen LogP contribution in [0.15, 0.2) is 54.9 Å². The Morgan fingerprint density at radius 1 is 0.927 bits per heavy atom. The predicted octanol–water partition coefficient (Wildman–Crippen LogP) is 5.22. The van der Waals surface area contributed by atoms with Crippen molar-refractivity contribution in [2.24, 2.45) is 0 Å². The molecule has 4 heterocycles. The van der Waals surface area contributed by atoms with E-state index in [4.69, 9.17) is 28.7 Å². The van der Waals surface area contributed by atoms with Gasteiger partial charge in [0, 0.05) is 68.4 Å². The number of aromatic amines is 1. The van der Waals surface area contributed by atoms with Crippen LogP contribution in [0.3, 0.4) is 0 Å². The maximum absolute atomic E-state index is 6.31. The summed E-state index contributed by atoms with van der Waals surface area (Å²) in [5, 5.41) is 4.36. The average Bonchev–Trinajstić information content (AvgIpc) is 3.46. The van der Waals surface area contributed by atoms with Crippen molar-refractivity contribution in [2.75, 3.05) is 72.1 Å². The summed E-state index contributed by atoms with van der Waals surface area (Å²) in [5.41, 5.74) is 5.99. The van der Waals surface area contributed by atoms with Crippen LogP contribution in [0.1, 0.15) is 12.8 Å².